The highest BCUT2D eigenvalue weighted by Crippen LogP contribution is 2.49. The molecule has 0 aliphatic heterocycles. The molecule has 4 nitrogen and oxygen atoms in total. The summed E-state index contributed by atoms with van der Waals surface area (Å²) in [6.07, 6.45) is 9.98. The van der Waals surface area contributed by atoms with E-state index < -0.39 is 13.4 Å². The molecule has 2 N–H and O–H groups in total. The van der Waals surface area contributed by atoms with Gasteiger partial charge >= 0.3 is 7.82 Å². The van der Waals surface area contributed by atoms with Crippen molar-refractivity contribution >= 4 is 7.82 Å². The number of phosphoric ester groups is 1. The molecule has 0 aromatic heterocycles. The Morgan fingerprint density at radius 2 is 1.57 bits per heavy atom. The molecule has 0 aliphatic carbocycles. The van der Waals surface area contributed by atoms with E-state index in [0.29, 0.717) is 6.42 Å². The molecule has 128 valence electrons. The summed E-state index contributed by atoms with van der Waals surface area (Å²) in [5, 5.41) is 0. The third-order valence-corrected chi connectivity index (χ3v) is 4.92. The minimum atomic E-state index is -4.46. The van der Waals surface area contributed by atoms with Crippen molar-refractivity contribution < 1.29 is 18.9 Å². The van der Waals surface area contributed by atoms with Gasteiger partial charge in [0.05, 0.1) is 5.60 Å². The van der Waals surface area contributed by atoms with E-state index >= 15 is 0 Å². The van der Waals surface area contributed by atoms with Crippen molar-refractivity contribution in [2.45, 2.75) is 97.5 Å². The van der Waals surface area contributed by atoms with Gasteiger partial charge in [-0.25, -0.2) is 4.57 Å². The Balaban J connectivity index is 4.89. The van der Waals surface area contributed by atoms with Crippen LogP contribution in [0.3, 0.4) is 0 Å². The zero-order valence-corrected chi connectivity index (χ0v) is 15.2. The third-order valence-electron chi connectivity index (χ3n) is 4.32. The molecule has 0 heterocycles. The van der Waals surface area contributed by atoms with Crippen LogP contribution in [0.4, 0.5) is 0 Å². The van der Waals surface area contributed by atoms with E-state index in [-0.39, 0.29) is 5.92 Å². The molecule has 0 aromatic carbocycles. The molecule has 0 spiro atoms. The number of rotatable bonds is 13. The van der Waals surface area contributed by atoms with Crippen LogP contribution in [0.1, 0.15) is 91.9 Å². The van der Waals surface area contributed by atoms with Gasteiger partial charge < -0.3 is 9.79 Å². The summed E-state index contributed by atoms with van der Waals surface area (Å²) in [7, 11) is -4.46. The number of hydrogen-bond acceptors (Lipinski definition) is 2. The molecular formula is C16H35O4P. The van der Waals surface area contributed by atoms with Crippen molar-refractivity contribution in [1.82, 2.24) is 0 Å². The molecule has 21 heavy (non-hydrogen) atoms. The first-order chi connectivity index (χ1) is 9.81. The SMILES string of the molecule is CCCCCCC(C)C(CCC)(CCCC)OP(=O)(O)O. The van der Waals surface area contributed by atoms with Crippen molar-refractivity contribution in [1.29, 1.82) is 0 Å². The smallest absolute Gasteiger partial charge is 0.303 e. The van der Waals surface area contributed by atoms with E-state index in [2.05, 4.69) is 20.8 Å². The van der Waals surface area contributed by atoms with Crippen molar-refractivity contribution in [3.63, 3.8) is 0 Å². The fourth-order valence-electron chi connectivity index (χ4n) is 3.08. The standard InChI is InChI=1S/C16H35O4P/c1-5-8-10-11-12-15(4)16(13-7-3,14-9-6-2)20-21(17,18)19/h15H,5-14H2,1-4H3,(H2,17,18,19). The molecule has 0 saturated heterocycles. The van der Waals surface area contributed by atoms with Crippen LogP contribution < -0.4 is 0 Å². The van der Waals surface area contributed by atoms with Gasteiger partial charge in [0.1, 0.15) is 0 Å². The average Bonchev–Trinajstić information content (AvgIpc) is 2.39. The number of hydrogen-bond donors (Lipinski definition) is 2. The fourth-order valence-corrected chi connectivity index (χ4v) is 3.91. The maximum Gasteiger partial charge on any atom is 0.470 e. The zero-order chi connectivity index (χ0) is 16.4. The topological polar surface area (TPSA) is 66.8 Å². The molecule has 0 fully saturated rings. The van der Waals surface area contributed by atoms with Gasteiger partial charge in [-0.2, -0.15) is 0 Å². The Labute approximate surface area is 130 Å². The maximum atomic E-state index is 11.4. The fraction of sp³-hybridized carbons (Fsp3) is 1.00. The third kappa shape index (κ3) is 8.97. The first-order valence-corrected chi connectivity index (χ1v) is 10.1. The highest BCUT2D eigenvalue weighted by Gasteiger charge is 2.41. The summed E-state index contributed by atoms with van der Waals surface area (Å²) < 4.78 is 16.8. The van der Waals surface area contributed by atoms with E-state index in [4.69, 9.17) is 4.52 Å². The van der Waals surface area contributed by atoms with Gasteiger partial charge in [-0.3, -0.25) is 4.52 Å². The highest BCUT2D eigenvalue weighted by molar-refractivity contribution is 7.46. The molecule has 0 aliphatic rings. The van der Waals surface area contributed by atoms with Crippen LogP contribution in [0.2, 0.25) is 0 Å². The molecule has 0 bridgehead atoms. The first kappa shape index (κ1) is 21.1. The molecule has 0 saturated carbocycles. The lowest BCUT2D eigenvalue weighted by Gasteiger charge is -2.39. The lowest BCUT2D eigenvalue weighted by Crippen LogP contribution is -2.39. The van der Waals surface area contributed by atoms with E-state index in [1.54, 1.807) is 0 Å². The Morgan fingerprint density at radius 1 is 0.952 bits per heavy atom. The summed E-state index contributed by atoms with van der Waals surface area (Å²) in [6.45, 7) is 8.42. The Kier molecular flexibility index (Phi) is 10.8. The second-order valence-corrected chi connectivity index (χ2v) is 7.41. The maximum absolute atomic E-state index is 11.4. The Hall–Kier alpha value is 0.110. The summed E-state index contributed by atoms with van der Waals surface area (Å²) in [5.74, 6) is 0.175. The molecule has 0 aromatic rings. The predicted molar refractivity (Wildman–Crippen MR) is 88.2 cm³/mol. The van der Waals surface area contributed by atoms with Gasteiger partial charge in [0.2, 0.25) is 0 Å². The predicted octanol–water partition coefficient (Wildman–Crippen LogP) is 5.43. The molecule has 2 unspecified atom stereocenters. The van der Waals surface area contributed by atoms with E-state index in [0.717, 1.165) is 38.5 Å². The lowest BCUT2D eigenvalue weighted by molar-refractivity contribution is -0.0303. The lowest BCUT2D eigenvalue weighted by atomic mass is 9.78. The van der Waals surface area contributed by atoms with Crippen LogP contribution in [0, 0.1) is 5.92 Å². The largest absolute Gasteiger partial charge is 0.470 e. The summed E-state index contributed by atoms with van der Waals surface area (Å²) in [6, 6.07) is 0. The second-order valence-electron chi connectivity index (χ2n) is 6.25. The van der Waals surface area contributed by atoms with Gasteiger partial charge in [0.25, 0.3) is 0 Å². The quantitative estimate of drug-likeness (QED) is 0.350. The monoisotopic (exact) mass is 322 g/mol. The van der Waals surface area contributed by atoms with Crippen LogP contribution >= 0.6 is 7.82 Å². The van der Waals surface area contributed by atoms with Gasteiger partial charge in [-0.1, -0.05) is 72.6 Å². The molecule has 0 amide bonds. The van der Waals surface area contributed by atoms with Gasteiger partial charge in [-0.15, -0.1) is 0 Å². The molecular weight excluding hydrogens is 287 g/mol. The average molecular weight is 322 g/mol. The van der Waals surface area contributed by atoms with Crippen LogP contribution in [-0.4, -0.2) is 15.4 Å². The molecule has 0 radical (unpaired) electrons. The van der Waals surface area contributed by atoms with Gasteiger partial charge in [0.15, 0.2) is 0 Å². The van der Waals surface area contributed by atoms with E-state index in [1.807, 2.05) is 6.92 Å². The Morgan fingerprint density at radius 3 is 2.05 bits per heavy atom. The van der Waals surface area contributed by atoms with E-state index in [1.165, 1.54) is 19.3 Å². The number of phosphoric acid groups is 1. The molecule has 5 heteroatoms. The van der Waals surface area contributed by atoms with Crippen LogP contribution in [-0.2, 0) is 9.09 Å². The van der Waals surface area contributed by atoms with Gasteiger partial charge in [0, 0.05) is 0 Å². The van der Waals surface area contributed by atoms with Gasteiger partial charge in [-0.05, 0) is 25.2 Å². The van der Waals surface area contributed by atoms with Crippen LogP contribution in [0.25, 0.3) is 0 Å². The normalized spacial score (nSPS) is 16.7. The molecule has 0 rings (SSSR count). The highest BCUT2D eigenvalue weighted by atomic mass is 31.2. The van der Waals surface area contributed by atoms with Crippen LogP contribution in [0.15, 0.2) is 0 Å². The van der Waals surface area contributed by atoms with Crippen molar-refractivity contribution in [2.75, 3.05) is 0 Å². The van der Waals surface area contributed by atoms with Crippen molar-refractivity contribution in [2.24, 2.45) is 5.92 Å². The minimum Gasteiger partial charge on any atom is -0.303 e. The minimum absolute atomic E-state index is 0.175. The second kappa shape index (κ2) is 10.8. The van der Waals surface area contributed by atoms with E-state index in [9.17, 15) is 14.4 Å². The van der Waals surface area contributed by atoms with Crippen molar-refractivity contribution in [3.8, 4) is 0 Å². The summed E-state index contributed by atoms with van der Waals surface area (Å²) in [5.41, 5.74) is -0.671. The zero-order valence-electron chi connectivity index (χ0n) is 14.3. The van der Waals surface area contributed by atoms with Crippen LogP contribution in [0.5, 0.6) is 0 Å². The first-order valence-electron chi connectivity index (χ1n) is 8.57. The number of unbranched alkanes of at least 4 members (excludes halogenated alkanes) is 4. The van der Waals surface area contributed by atoms with Crippen molar-refractivity contribution in [3.05, 3.63) is 0 Å². The summed E-state index contributed by atoms with van der Waals surface area (Å²) in [4.78, 5) is 18.7. The molecule has 2 atom stereocenters. The summed E-state index contributed by atoms with van der Waals surface area (Å²) >= 11 is 0. The Bertz CT molecular complexity index is 303.